The van der Waals surface area contributed by atoms with Crippen LogP contribution < -0.4 is 20.1 Å². The fourth-order valence-corrected chi connectivity index (χ4v) is 2.59. The van der Waals surface area contributed by atoms with Gasteiger partial charge in [0.1, 0.15) is 13.2 Å². The van der Waals surface area contributed by atoms with Crippen molar-refractivity contribution in [3.8, 4) is 11.5 Å². The molecule has 0 spiro atoms. The van der Waals surface area contributed by atoms with Crippen LogP contribution in [0.4, 0.5) is 5.69 Å². The second kappa shape index (κ2) is 6.47. The molecule has 0 atom stereocenters. The van der Waals surface area contributed by atoms with Crippen LogP contribution >= 0.6 is 0 Å². The van der Waals surface area contributed by atoms with Gasteiger partial charge in [-0.05, 0) is 55.3 Å². The molecule has 0 saturated heterocycles. The number of fused-ring (bicyclic) bond motifs is 1. The summed E-state index contributed by atoms with van der Waals surface area (Å²) in [5, 5.41) is 5.75. The van der Waals surface area contributed by atoms with Crippen molar-refractivity contribution in [1.82, 2.24) is 5.32 Å². The second-order valence-corrected chi connectivity index (χ2v) is 6.14. The Hall–Kier alpha value is -3.02. The second-order valence-electron chi connectivity index (χ2n) is 6.14. The normalized spacial score (nSPS) is 15.4. The number of benzene rings is 2. The van der Waals surface area contributed by atoms with Crippen molar-refractivity contribution in [1.29, 1.82) is 0 Å². The number of anilines is 1. The predicted molar refractivity (Wildman–Crippen MR) is 92.3 cm³/mol. The summed E-state index contributed by atoms with van der Waals surface area (Å²) in [5.74, 6) is 0.902. The monoisotopic (exact) mass is 338 g/mol. The smallest absolute Gasteiger partial charge is 0.255 e. The number of carbonyl (C=O) groups is 2. The molecule has 2 N–H and O–H groups in total. The van der Waals surface area contributed by atoms with Crippen LogP contribution in [0, 0.1) is 0 Å². The van der Waals surface area contributed by atoms with Gasteiger partial charge in [0.25, 0.3) is 11.8 Å². The highest BCUT2D eigenvalue weighted by molar-refractivity contribution is 6.05. The summed E-state index contributed by atoms with van der Waals surface area (Å²) in [6.07, 6.45) is 2.10. The lowest BCUT2D eigenvalue weighted by Crippen LogP contribution is -2.25. The van der Waals surface area contributed by atoms with Gasteiger partial charge in [0.2, 0.25) is 0 Å². The first-order valence-electron chi connectivity index (χ1n) is 8.31. The third-order valence-corrected chi connectivity index (χ3v) is 4.12. The molecule has 1 saturated carbocycles. The minimum Gasteiger partial charge on any atom is -0.486 e. The Bertz CT molecular complexity index is 813. The Labute approximate surface area is 145 Å². The molecule has 6 nitrogen and oxygen atoms in total. The SMILES string of the molecule is O=C(Nc1ccc(C(=O)NC2CC2)cc1)c1ccc2c(c1)OCCO2. The molecule has 6 heteroatoms. The number of amides is 2. The Kier molecular flexibility index (Phi) is 4.01. The van der Waals surface area contributed by atoms with Crippen LogP contribution in [-0.4, -0.2) is 31.1 Å². The average Bonchev–Trinajstić information content (AvgIpc) is 3.46. The molecule has 1 aliphatic heterocycles. The summed E-state index contributed by atoms with van der Waals surface area (Å²) in [7, 11) is 0. The van der Waals surface area contributed by atoms with Crippen LogP contribution in [-0.2, 0) is 0 Å². The fourth-order valence-electron chi connectivity index (χ4n) is 2.59. The Morgan fingerprint density at radius 2 is 1.52 bits per heavy atom. The average molecular weight is 338 g/mol. The van der Waals surface area contributed by atoms with Crippen molar-refractivity contribution in [2.24, 2.45) is 0 Å². The van der Waals surface area contributed by atoms with Gasteiger partial charge in [0.15, 0.2) is 11.5 Å². The summed E-state index contributed by atoms with van der Waals surface area (Å²) in [5.41, 5.74) is 1.70. The molecule has 128 valence electrons. The lowest BCUT2D eigenvalue weighted by Gasteiger charge is -2.18. The van der Waals surface area contributed by atoms with E-state index in [0.29, 0.717) is 47.6 Å². The molecular formula is C19H18N2O4. The summed E-state index contributed by atoms with van der Waals surface area (Å²) in [6, 6.07) is 12.3. The van der Waals surface area contributed by atoms with Gasteiger partial charge in [-0.2, -0.15) is 0 Å². The first-order chi connectivity index (χ1) is 12.2. The maximum absolute atomic E-state index is 12.4. The molecule has 0 bridgehead atoms. The molecule has 25 heavy (non-hydrogen) atoms. The van der Waals surface area contributed by atoms with E-state index in [2.05, 4.69) is 10.6 Å². The molecule has 2 aromatic rings. The maximum Gasteiger partial charge on any atom is 0.255 e. The number of nitrogens with one attached hydrogen (secondary N) is 2. The molecule has 4 rings (SSSR count). The molecule has 1 heterocycles. The van der Waals surface area contributed by atoms with Crippen molar-refractivity contribution in [3.63, 3.8) is 0 Å². The molecule has 2 aromatic carbocycles. The van der Waals surface area contributed by atoms with E-state index in [0.717, 1.165) is 12.8 Å². The van der Waals surface area contributed by atoms with Gasteiger partial charge in [-0.1, -0.05) is 0 Å². The largest absolute Gasteiger partial charge is 0.486 e. The van der Waals surface area contributed by atoms with E-state index in [-0.39, 0.29) is 11.8 Å². The summed E-state index contributed by atoms with van der Waals surface area (Å²) < 4.78 is 10.9. The fraction of sp³-hybridized carbons (Fsp3) is 0.263. The molecule has 1 fully saturated rings. The maximum atomic E-state index is 12.4. The highest BCUT2D eigenvalue weighted by Gasteiger charge is 2.23. The van der Waals surface area contributed by atoms with Crippen LogP contribution in [0.3, 0.4) is 0 Å². The third kappa shape index (κ3) is 3.57. The number of ether oxygens (including phenoxy) is 2. The van der Waals surface area contributed by atoms with Gasteiger partial charge in [-0.3, -0.25) is 9.59 Å². The lowest BCUT2D eigenvalue weighted by molar-refractivity contribution is 0.0950. The zero-order valence-electron chi connectivity index (χ0n) is 13.6. The lowest BCUT2D eigenvalue weighted by atomic mass is 10.1. The zero-order valence-corrected chi connectivity index (χ0v) is 13.6. The van der Waals surface area contributed by atoms with Crippen LogP contribution in [0.5, 0.6) is 11.5 Å². The standard InChI is InChI=1S/C19H18N2O4/c22-18(20-15-6-7-15)12-1-4-14(5-2-12)21-19(23)13-3-8-16-17(11-13)25-10-9-24-16/h1-5,8,11,15H,6-7,9-10H2,(H,20,22)(H,21,23). The predicted octanol–water partition coefficient (Wildman–Crippen LogP) is 2.60. The van der Waals surface area contributed by atoms with Crippen molar-refractivity contribution in [3.05, 3.63) is 53.6 Å². The Morgan fingerprint density at radius 3 is 2.24 bits per heavy atom. The van der Waals surface area contributed by atoms with Gasteiger partial charge >= 0.3 is 0 Å². The van der Waals surface area contributed by atoms with Crippen molar-refractivity contribution < 1.29 is 19.1 Å². The topological polar surface area (TPSA) is 76.7 Å². The van der Waals surface area contributed by atoms with Crippen LogP contribution in [0.2, 0.25) is 0 Å². The van der Waals surface area contributed by atoms with Gasteiger partial charge in [-0.15, -0.1) is 0 Å². The summed E-state index contributed by atoms with van der Waals surface area (Å²) >= 11 is 0. The number of rotatable bonds is 4. The van der Waals surface area contributed by atoms with E-state index in [1.165, 1.54) is 0 Å². The third-order valence-electron chi connectivity index (χ3n) is 4.12. The highest BCUT2D eigenvalue weighted by Crippen LogP contribution is 2.31. The molecule has 0 radical (unpaired) electrons. The van der Waals surface area contributed by atoms with Gasteiger partial charge < -0.3 is 20.1 Å². The summed E-state index contributed by atoms with van der Waals surface area (Å²) in [4.78, 5) is 24.3. The van der Waals surface area contributed by atoms with Crippen molar-refractivity contribution in [2.75, 3.05) is 18.5 Å². The molecule has 2 amide bonds. The van der Waals surface area contributed by atoms with E-state index >= 15 is 0 Å². The van der Waals surface area contributed by atoms with Crippen molar-refractivity contribution in [2.45, 2.75) is 18.9 Å². The van der Waals surface area contributed by atoms with E-state index in [9.17, 15) is 9.59 Å². The van der Waals surface area contributed by atoms with Crippen LogP contribution in [0.15, 0.2) is 42.5 Å². The molecular weight excluding hydrogens is 320 g/mol. The first kappa shape index (κ1) is 15.5. The van der Waals surface area contributed by atoms with E-state index < -0.39 is 0 Å². The minimum absolute atomic E-state index is 0.0767. The minimum atomic E-state index is -0.243. The van der Waals surface area contributed by atoms with Gasteiger partial charge in [-0.25, -0.2) is 0 Å². The van der Waals surface area contributed by atoms with Gasteiger partial charge in [0.05, 0.1) is 0 Å². The molecule has 1 aliphatic carbocycles. The van der Waals surface area contributed by atoms with Crippen LogP contribution in [0.25, 0.3) is 0 Å². The highest BCUT2D eigenvalue weighted by atomic mass is 16.6. The molecule has 0 unspecified atom stereocenters. The van der Waals surface area contributed by atoms with Crippen molar-refractivity contribution >= 4 is 17.5 Å². The molecule has 0 aromatic heterocycles. The zero-order chi connectivity index (χ0) is 17.2. The van der Waals surface area contributed by atoms with E-state index in [4.69, 9.17) is 9.47 Å². The number of carbonyl (C=O) groups excluding carboxylic acids is 2. The first-order valence-corrected chi connectivity index (χ1v) is 8.31. The van der Waals surface area contributed by atoms with Crippen LogP contribution in [0.1, 0.15) is 33.6 Å². The van der Waals surface area contributed by atoms with E-state index in [1.54, 1.807) is 42.5 Å². The van der Waals surface area contributed by atoms with E-state index in [1.807, 2.05) is 0 Å². The Morgan fingerprint density at radius 1 is 0.840 bits per heavy atom. The number of hydrogen-bond acceptors (Lipinski definition) is 4. The number of hydrogen-bond donors (Lipinski definition) is 2. The quantitative estimate of drug-likeness (QED) is 0.898. The molecule has 2 aliphatic rings. The van der Waals surface area contributed by atoms with Gasteiger partial charge in [0, 0.05) is 22.9 Å². The Balaban J connectivity index is 1.42. The summed E-state index contributed by atoms with van der Waals surface area (Å²) in [6.45, 7) is 0.988.